The van der Waals surface area contributed by atoms with Gasteiger partial charge < -0.3 is 19.5 Å². The van der Waals surface area contributed by atoms with Crippen molar-refractivity contribution in [1.29, 1.82) is 0 Å². The van der Waals surface area contributed by atoms with Crippen LogP contribution in [0.1, 0.15) is 29.1 Å². The molecule has 0 bridgehead atoms. The molecule has 26 heavy (non-hydrogen) atoms. The Hall–Kier alpha value is -2.09. The Labute approximate surface area is 160 Å². The minimum absolute atomic E-state index is 0.157. The molecule has 0 aliphatic carbocycles. The second-order valence-electron chi connectivity index (χ2n) is 5.89. The summed E-state index contributed by atoms with van der Waals surface area (Å²) >= 11 is 3.40. The van der Waals surface area contributed by atoms with Crippen LogP contribution >= 0.6 is 22.7 Å². The minimum atomic E-state index is 0.157. The molecule has 7 heteroatoms. The van der Waals surface area contributed by atoms with E-state index < -0.39 is 0 Å². The number of nitrogens with zero attached hydrogens (tertiary/aromatic N) is 1. The lowest BCUT2D eigenvalue weighted by Crippen LogP contribution is -2.23. The number of aromatic nitrogens is 1. The number of nitrogens with one attached hydrogen (secondary N) is 1. The first-order valence-electron chi connectivity index (χ1n) is 8.52. The molecule has 0 saturated carbocycles. The van der Waals surface area contributed by atoms with Crippen LogP contribution in [0.4, 0.5) is 0 Å². The number of hydrogen-bond donors (Lipinski definition) is 1. The van der Waals surface area contributed by atoms with Gasteiger partial charge in [-0.1, -0.05) is 0 Å². The van der Waals surface area contributed by atoms with Gasteiger partial charge in [0.25, 0.3) is 0 Å². The molecule has 1 aliphatic rings. The smallest absolute Gasteiger partial charge is 0.231 e. The van der Waals surface area contributed by atoms with Crippen molar-refractivity contribution in [2.24, 2.45) is 0 Å². The van der Waals surface area contributed by atoms with Gasteiger partial charge in [-0.25, -0.2) is 4.98 Å². The van der Waals surface area contributed by atoms with E-state index in [1.807, 2.05) is 30.6 Å². The fraction of sp³-hybridized carbons (Fsp3) is 0.316. The zero-order valence-electron chi connectivity index (χ0n) is 14.4. The number of thiazole rings is 1. The lowest BCUT2D eigenvalue weighted by atomic mass is 10.1. The number of thiophene rings is 1. The summed E-state index contributed by atoms with van der Waals surface area (Å²) in [5, 5.41) is 11.1. The van der Waals surface area contributed by atoms with Gasteiger partial charge in [0.2, 0.25) is 6.79 Å². The van der Waals surface area contributed by atoms with Crippen molar-refractivity contribution >= 4 is 22.7 Å². The van der Waals surface area contributed by atoms with Crippen LogP contribution in [0.2, 0.25) is 0 Å². The van der Waals surface area contributed by atoms with Crippen LogP contribution in [0.5, 0.6) is 17.2 Å². The van der Waals surface area contributed by atoms with E-state index in [-0.39, 0.29) is 12.8 Å². The second-order valence-corrected chi connectivity index (χ2v) is 7.59. The molecule has 1 N–H and O–H groups in total. The second kappa shape index (κ2) is 8.07. The Bertz CT molecular complexity index is 835. The van der Waals surface area contributed by atoms with Gasteiger partial charge in [0.15, 0.2) is 11.5 Å². The average Bonchev–Trinajstić information content (AvgIpc) is 3.40. The average molecular weight is 389 g/mol. The van der Waals surface area contributed by atoms with Crippen molar-refractivity contribution in [1.82, 2.24) is 10.3 Å². The third kappa shape index (κ3) is 3.85. The summed E-state index contributed by atoms with van der Waals surface area (Å²) in [5.74, 6) is 2.35. The normalized spacial score (nSPS) is 13.7. The molecule has 0 amide bonds. The molecule has 0 radical (unpaired) electrons. The zero-order valence-corrected chi connectivity index (χ0v) is 16.1. The Balaban J connectivity index is 1.53. The molecule has 0 fully saturated rings. The highest BCUT2D eigenvalue weighted by Gasteiger charge is 2.20. The van der Waals surface area contributed by atoms with Gasteiger partial charge >= 0.3 is 0 Å². The van der Waals surface area contributed by atoms with Gasteiger partial charge in [-0.3, -0.25) is 0 Å². The standard InChI is InChI=1S/C19H20N2O3S2/c1-2-22-16-9-18-17(23-12-24-18)8-14(16)10-21-15(19-20-4-6-26-19)7-13-3-5-25-11-13/h3-6,8-9,11,15,21H,2,7,10,12H2,1H3/t15-/m1/s1. The lowest BCUT2D eigenvalue weighted by Gasteiger charge is -2.18. The van der Waals surface area contributed by atoms with E-state index in [4.69, 9.17) is 14.2 Å². The summed E-state index contributed by atoms with van der Waals surface area (Å²) in [6.07, 6.45) is 2.76. The molecular weight excluding hydrogens is 368 g/mol. The third-order valence-electron chi connectivity index (χ3n) is 4.16. The number of benzene rings is 1. The third-order valence-corrected chi connectivity index (χ3v) is 5.79. The summed E-state index contributed by atoms with van der Waals surface area (Å²) < 4.78 is 16.8. The molecule has 1 aliphatic heterocycles. The molecule has 136 valence electrons. The van der Waals surface area contributed by atoms with Gasteiger partial charge in [-0.05, 0) is 41.8 Å². The number of ether oxygens (including phenoxy) is 3. The molecule has 2 aromatic heterocycles. The van der Waals surface area contributed by atoms with Crippen LogP contribution in [0, 0.1) is 0 Å². The minimum Gasteiger partial charge on any atom is -0.493 e. The summed E-state index contributed by atoms with van der Waals surface area (Å²) in [4.78, 5) is 4.51. The van der Waals surface area contributed by atoms with E-state index in [9.17, 15) is 0 Å². The van der Waals surface area contributed by atoms with Crippen molar-refractivity contribution in [2.75, 3.05) is 13.4 Å². The summed E-state index contributed by atoms with van der Waals surface area (Å²) in [6.45, 7) is 3.52. The van der Waals surface area contributed by atoms with E-state index in [2.05, 4.69) is 27.1 Å². The number of hydrogen-bond acceptors (Lipinski definition) is 7. The fourth-order valence-electron chi connectivity index (χ4n) is 2.92. The Morgan fingerprint density at radius 2 is 2.15 bits per heavy atom. The number of rotatable bonds is 8. The van der Waals surface area contributed by atoms with Gasteiger partial charge in [-0.15, -0.1) is 11.3 Å². The molecule has 1 atom stereocenters. The Morgan fingerprint density at radius 3 is 2.88 bits per heavy atom. The molecule has 1 aromatic carbocycles. The first-order chi connectivity index (χ1) is 12.8. The molecule has 3 aromatic rings. The van der Waals surface area contributed by atoms with E-state index in [1.54, 1.807) is 22.7 Å². The maximum atomic E-state index is 5.80. The highest BCUT2D eigenvalue weighted by atomic mass is 32.1. The molecule has 0 unspecified atom stereocenters. The van der Waals surface area contributed by atoms with Gasteiger partial charge in [0.05, 0.1) is 12.6 Å². The molecule has 3 heterocycles. The van der Waals surface area contributed by atoms with Crippen LogP contribution in [0.15, 0.2) is 40.5 Å². The Morgan fingerprint density at radius 1 is 1.27 bits per heavy atom. The van der Waals surface area contributed by atoms with Crippen LogP contribution in [-0.2, 0) is 13.0 Å². The molecule has 5 nitrogen and oxygen atoms in total. The first kappa shape index (κ1) is 17.3. The van der Waals surface area contributed by atoms with E-state index >= 15 is 0 Å². The van der Waals surface area contributed by atoms with Crippen LogP contribution < -0.4 is 19.5 Å². The zero-order chi connectivity index (χ0) is 17.8. The SMILES string of the molecule is CCOc1cc2c(cc1CN[C@H](Cc1ccsc1)c1nccs1)OCO2. The summed E-state index contributed by atoms with van der Waals surface area (Å²) in [6, 6.07) is 6.24. The maximum Gasteiger partial charge on any atom is 0.231 e. The van der Waals surface area contributed by atoms with Crippen LogP contribution in [-0.4, -0.2) is 18.4 Å². The Kier molecular flexibility index (Phi) is 5.38. The summed E-state index contributed by atoms with van der Waals surface area (Å²) in [5.41, 5.74) is 2.38. The molecule has 0 saturated heterocycles. The topological polar surface area (TPSA) is 52.6 Å². The van der Waals surface area contributed by atoms with Crippen molar-refractivity contribution in [3.8, 4) is 17.2 Å². The number of fused-ring (bicyclic) bond motifs is 1. The van der Waals surface area contributed by atoms with Crippen LogP contribution in [0.25, 0.3) is 0 Å². The highest BCUT2D eigenvalue weighted by molar-refractivity contribution is 7.09. The van der Waals surface area contributed by atoms with Gasteiger partial charge in [0.1, 0.15) is 10.8 Å². The first-order valence-corrected chi connectivity index (χ1v) is 10.3. The predicted molar refractivity (Wildman–Crippen MR) is 103 cm³/mol. The predicted octanol–water partition coefficient (Wildman–Crippen LogP) is 4.41. The maximum absolute atomic E-state index is 5.80. The monoisotopic (exact) mass is 388 g/mol. The van der Waals surface area contributed by atoms with E-state index in [0.717, 1.165) is 34.2 Å². The summed E-state index contributed by atoms with van der Waals surface area (Å²) in [7, 11) is 0. The molecular formula is C19H20N2O3S2. The quantitative estimate of drug-likeness (QED) is 0.620. The lowest BCUT2D eigenvalue weighted by molar-refractivity contribution is 0.173. The van der Waals surface area contributed by atoms with Crippen molar-refractivity contribution in [3.05, 3.63) is 56.7 Å². The fourth-order valence-corrected chi connectivity index (χ4v) is 4.32. The molecule has 0 spiro atoms. The van der Waals surface area contributed by atoms with Gasteiger partial charge in [0, 0.05) is 29.8 Å². The van der Waals surface area contributed by atoms with Crippen LogP contribution in [0.3, 0.4) is 0 Å². The largest absolute Gasteiger partial charge is 0.493 e. The van der Waals surface area contributed by atoms with E-state index in [1.165, 1.54) is 5.56 Å². The van der Waals surface area contributed by atoms with Crippen molar-refractivity contribution < 1.29 is 14.2 Å². The van der Waals surface area contributed by atoms with Crippen molar-refractivity contribution in [3.63, 3.8) is 0 Å². The molecule has 4 rings (SSSR count). The van der Waals surface area contributed by atoms with Gasteiger partial charge in [-0.2, -0.15) is 11.3 Å². The van der Waals surface area contributed by atoms with Crippen molar-refractivity contribution in [2.45, 2.75) is 25.9 Å². The highest BCUT2D eigenvalue weighted by Crippen LogP contribution is 2.38. The van der Waals surface area contributed by atoms with E-state index in [0.29, 0.717) is 13.2 Å².